The van der Waals surface area contributed by atoms with Gasteiger partial charge in [0.15, 0.2) is 0 Å². The first-order valence-corrected chi connectivity index (χ1v) is 7.44. The van der Waals surface area contributed by atoms with Gasteiger partial charge in [0.25, 0.3) is 0 Å². The zero-order valence-corrected chi connectivity index (χ0v) is 9.42. The van der Waals surface area contributed by atoms with Crippen molar-refractivity contribution in [1.82, 2.24) is 5.32 Å². The van der Waals surface area contributed by atoms with Crippen molar-refractivity contribution < 1.29 is 9.59 Å². The third kappa shape index (κ3) is 3.38. The smallest absolute Gasteiger partial charge is 0.337 e. The van der Waals surface area contributed by atoms with Gasteiger partial charge in [-0.1, -0.05) is 19.3 Å². The summed E-state index contributed by atoms with van der Waals surface area (Å²) in [7, 11) is -1.03. The van der Waals surface area contributed by atoms with Gasteiger partial charge in [-0.05, 0) is 26.4 Å². The monoisotopic (exact) mass is 203 g/mol. The Hall–Kier alpha value is 0.0969. The van der Waals surface area contributed by atoms with Crippen molar-refractivity contribution in [2.75, 3.05) is 13.6 Å². The van der Waals surface area contributed by atoms with Gasteiger partial charge in [0, 0.05) is 11.6 Å². The van der Waals surface area contributed by atoms with E-state index in [2.05, 4.69) is 5.32 Å². The molecular weight excluding hydrogens is 182 g/mol. The number of rotatable bonds is 4. The van der Waals surface area contributed by atoms with Crippen molar-refractivity contribution in [2.24, 2.45) is 0 Å². The average Bonchev–Trinajstić information content (AvgIpc) is 2.16. The molecule has 0 aromatic carbocycles. The Balaban J connectivity index is 2.36. The summed E-state index contributed by atoms with van der Waals surface area (Å²) in [6.45, 7) is 0.732. The van der Waals surface area contributed by atoms with Gasteiger partial charge in [0.1, 0.15) is 0 Å². The number of hydrogen-bond acceptors (Lipinski definition) is 3. The first kappa shape index (κ1) is 11.2. The van der Waals surface area contributed by atoms with Crippen molar-refractivity contribution in [3.8, 4) is 0 Å². The molecule has 0 spiro atoms. The molecule has 1 rings (SSSR count). The molecule has 0 atom stereocenters. The lowest BCUT2D eigenvalue weighted by molar-refractivity contribution is 0.309. The first-order valence-electron chi connectivity index (χ1n) is 5.26. The summed E-state index contributed by atoms with van der Waals surface area (Å²) in [6, 6.07) is 0.578. The van der Waals surface area contributed by atoms with Crippen LogP contribution in [0.3, 0.4) is 0 Å². The van der Waals surface area contributed by atoms with E-state index in [9.17, 15) is 9.59 Å². The number of hydrogen-bond donors (Lipinski definition) is 3. The molecule has 4 heteroatoms. The van der Waals surface area contributed by atoms with Gasteiger partial charge < -0.3 is 14.9 Å². The van der Waals surface area contributed by atoms with Crippen LogP contribution < -0.4 is 5.32 Å². The molecule has 0 radical (unpaired) electrons. The maximum atomic E-state index is 9.92. The quantitative estimate of drug-likeness (QED) is 0.597. The molecule has 13 heavy (non-hydrogen) atoms. The molecule has 0 unspecified atom stereocenters. The van der Waals surface area contributed by atoms with E-state index in [1.807, 2.05) is 7.05 Å². The Kier molecular flexibility index (Phi) is 4.38. The molecule has 0 bridgehead atoms. The second-order valence-electron chi connectivity index (χ2n) is 4.07. The molecule has 0 aromatic heterocycles. The highest BCUT2D eigenvalue weighted by atomic mass is 28.4. The van der Waals surface area contributed by atoms with Crippen molar-refractivity contribution in [3.63, 3.8) is 0 Å². The maximum Gasteiger partial charge on any atom is 0.337 e. The molecule has 0 heterocycles. The van der Waals surface area contributed by atoms with E-state index in [0.717, 1.165) is 19.4 Å². The summed E-state index contributed by atoms with van der Waals surface area (Å²) in [5, 5.41) is 2.98. The van der Waals surface area contributed by atoms with Gasteiger partial charge in [-0.3, -0.25) is 0 Å². The highest BCUT2D eigenvalue weighted by Gasteiger charge is 2.38. The van der Waals surface area contributed by atoms with Crippen LogP contribution in [0.15, 0.2) is 0 Å². The van der Waals surface area contributed by atoms with E-state index in [1.54, 1.807) is 0 Å². The molecule has 1 fully saturated rings. The van der Waals surface area contributed by atoms with E-state index < -0.39 is 8.56 Å². The van der Waals surface area contributed by atoms with Crippen molar-refractivity contribution in [1.29, 1.82) is 0 Å². The minimum absolute atomic E-state index is 0.231. The molecule has 1 aliphatic carbocycles. The molecule has 0 saturated heterocycles. The van der Waals surface area contributed by atoms with Crippen LogP contribution in [0.4, 0.5) is 0 Å². The fourth-order valence-electron chi connectivity index (χ4n) is 2.08. The van der Waals surface area contributed by atoms with Gasteiger partial charge in [-0.2, -0.15) is 0 Å². The van der Waals surface area contributed by atoms with Crippen LogP contribution in [0.1, 0.15) is 32.1 Å². The minimum atomic E-state index is -2.89. The van der Waals surface area contributed by atoms with Crippen LogP contribution in [-0.2, 0) is 0 Å². The zero-order valence-electron chi connectivity index (χ0n) is 8.42. The van der Waals surface area contributed by atoms with Gasteiger partial charge in [-0.25, -0.2) is 0 Å². The van der Waals surface area contributed by atoms with Crippen LogP contribution in [0, 0.1) is 0 Å². The van der Waals surface area contributed by atoms with E-state index in [0.29, 0.717) is 6.04 Å². The summed E-state index contributed by atoms with van der Waals surface area (Å²) in [6.07, 6.45) is 5.69. The predicted octanol–water partition coefficient (Wildman–Crippen LogP) is 0.967. The third-order valence-corrected chi connectivity index (χ3v) is 5.87. The SMILES string of the molecule is CNCC[Si](O)(O)C1CCCCC1. The van der Waals surface area contributed by atoms with Crippen molar-refractivity contribution >= 4 is 8.56 Å². The molecule has 0 aromatic rings. The molecule has 0 aliphatic heterocycles. The van der Waals surface area contributed by atoms with Crippen LogP contribution in [0.5, 0.6) is 0 Å². The summed E-state index contributed by atoms with van der Waals surface area (Å²) in [5.41, 5.74) is 0.231. The van der Waals surface area contributed by atoms with Crippen molar-refractivity contribution in [3.05, 3.63) is 0 Å². The molecule has 78 valence electrons. The predicted molar refractivity (Wildman–Crippen MR) is 55.8 cm³/mol. The van der Waals surface area contributed by atoms with Crippen molar-refractivity contribution in [2.45, 2.75) is 43.7 Å². The zero-order chi connectivity index (χ0) is 9.73. The fourth-order valence-corrected chi connectivity index (χ4v) is 4.44. The van der Waals surface area contributed by atoms with Gasteiger partial charge >= 0.3 is 8.56 Å². The summed E-state index contributed by atoms with van der Waals surface area (Å²) >= 11 is 0. The lowest BCUT2D eigenvalue weighted by Gasteiger charge is -2.30. The fraction of sp³-hybridized carbons (Fsp3) is 1.00. The van der Waals surface area contributed by atoms with E-state index in [-0.39, 0.29) is 5.54 Å². The van der Waals surface area contributed by atoms with E-state index in [1.165, 1.54) is 19.3 Å². The topological polar surface area (TPSA) is 52.5 Å². The highest BCUT2D eigenvalue weighted by molar-refractivity contribution is 6.66. The molecule has 3 N–H and O–H groups in total. The molecule has 3 nitrogen and oxygen atoms in total. The Labute approximate surface area is 81.4 Å². The highest BCUT2D eigenvalue weighted by Crippen LogP contribution is 2.35. The molecule has 1 aliphatic rings. The summed E-state index contributed by atoms with van der Waals surface area (Å²) < 4.78 is 0. The second kappa shape index (κ2) is 5.10. The van der Waals surface area contributed by atoms with Gasteiger partial charge in [0.05, 0.1) is 0 Å². The molecule has 1 saturated carbocycles. The second-order valence-corrected chi connectivity index (χ2v) is 7.14. The van der Waals surface area contributed by atoms with Gasteiger partial charge in [0.2, 0.25) is 0 Å². The summed E-state index contributed by atoms with van der Waals surface area (Å²) in [5.74, 6) is 0. The average molecular weight is 203 g/mol. The van der Waals surface area contributed by atoms with Crippen LogP contribution >= 0.6 is 0 Å². The van der Waals surface area contributed by atoms with Crippen LogP contribution in [0.2, 0.25) is 11.6 Å². The largest absolute Gasteiger partial charge is 0.410 e. The standard InChI is InChI=1S/C9H21NO2Si/c1-10-7-8-13(11,12)9-5-3-2-4-6-9/h9-12H,2-8H2,1H3. The van der Waals surface area contributed by atoms with Gasteiger partial charge in [-0.15, -0.1) is 0 Å². The maximum absolute atomic E-state index is 9.92. The third-order valence-electron chi connectivity index (χ3n) is 3.00. The Bertz CT molecular complexity index is 147. The normalized spacial score (nSPS) is 20.5. The Morgan fingerprint density at radius 3 is 2.38 bits per heavy atom. The van der Waals surface area contributed by atoms with E-state index in [4.69, 9.17) is 0 Å². The summed E-state index contributed by atoms with van der Waals surface area (Å²) in [4.78, 5) is 19.8. The van der Waals surface area contributed by atoms with E-state index >= 15 is 0 Å². The molecule has 0 amide bonds. The van der Waals surface area contributed by atoms with Crippen LogP contribution in [-0.4, -0.2) is 31.7 Å². The van der Waals surface area contributed by atoms with Crippen LogP contribution in [0.25, 0.3) is 0 Å². The molecular formula is C9H21NO2Si. The Morgan fingerprint density at radius 2 is 1.85 bits per heavy atom. The minimum Gasteiger partial charge on any atom is -0.410 e. The number of nitrogens with one attached hydrogen (secondary N) is 1. The Morgan fingerprint density at radius 1 is 1.23 bits per heavy atom. The first-order chi connectivity index (χ1) is 6.17. The lowest BCUT2D eigenvalue weighted by atomic mass is 10.0. The lowest BCUT2D eigenvalue weighted by Crippen LogP contribution is -2.43.